The lowest BCUT2D eigenvalue weighted by Crippen LogP contribution is -2.24. The van der Waals surface area contributed by atoms with Crippen molar-refractivity contribution in [3.63, 3.8) is 0 Å². The van der Waals surface area contributed by atoms with Crippen LogP contribution in [0, 0.1) is 25.5 Å². The van der Waals surface area contributed by atoms with E-state index in [0.717, 1.165) is 35.9 Å². The molecule has 24 heteroatoms. The number of nitrogens with zero attached hydrogens (tertiary/aromatic N) is 12. The van der Waals surface area contributed by atoms with Crippen LogP contribution in [0.4, 0.5) is 8.78 Å². The minimum atomic E-state index is -3.76. The number of aryl methyl sites for hydroxylation is 2. The van der Waals surface area contributed by atoms with Gasteiger partial charge in [-0.2, -0.15) is 0 Å². The molecule has 0 fully saturated rings. The monoisotopic (exact) mass is 1040 g/mol. The second-order valence-electron chi connectivity index (χ2n) is 16.2. The molecule has 6 aromatic heterocycles. The van der Waals surface area contributed by atoms with E-state index in [4.69, 9.17) is 18.9 Å². The van der Waals surface area contributed by atoms with E-state index in [1.807, 2.05) is 26.0 Å². The van der Waals surface area contributed by atoms with Crippen molar-refractivity contribution in [2.45, 2.75) is 70.0 Å². The second-order valence-corrected chi connectivity index (χ2v) is 21.1. The van der Waals surface area contributed by atoms with Crippen LogP contribution in [0.15, 0.2) is 98.1 Å². The van der Waals surface area contributed by atoms with Crippen LogP contribution in [0.3, 0.4) is 0 Å². The quantitative estimate of drug-likeness (QED) is 0.0848. The number of rotatable bonds is 18. The summed E-state index contributed by atoms with van der Waals surface area (Å²) in [5, 5.41) is 15.5. The summed E-state index contributed by atoms with van der Waals surface area (Å²) in [6, 6.07) is 14.2. The van der Waals surface area contributed by atoms with Crippen molar-refractivity contribution in [1.82, 2.24) is 59.4 Å². The molecule has 0 N–H and O–H groups in total. The summed E-state index contributed by atoms with van der Waals surface area (Å²) in [6.45, 7) is 6.91. The second kappa shape index (κ2) is 23.6. The highest BCUT2D eigenvalue weighted by molar-refractivity contribution is 7.91. The molecule has 6 heterocycles. The van der Waals surface area contributed by atoms with E-state index in [0.29, 0.717) is 57.1 Å². The molecule has 0 aliphatic heterocycles. The Morgan fingerprint density at radius 1 is 0.521 bits per heavy atom. The fourth-order valence-electron chi connectivity index (χ4n) is 7.44. The SMILES string of the molecule is C.COc1cccc(OC)c1-n1c(CS(=O)(=O)[C@@H](C)Cc2ncc(F)cn2)nnc1-c1cnccc1C.COc1cccc(OC)c1-n1c(CS(=O)(=O)[C@H](C)Cc2ncc(F)cn2)nnc1-c1cnccc1C. The number of hydrogen-bond acceptors (Lipinski definition) is 18. The Balaban J connectivity index is 0.000000235. The average Bonchev–Trinajstić information content (AvgIpc) is 3.97. The van der Waals surface area contributed by atoms with Crippen LogP contribution >= 0.6 is 0 Å². The van der Waals surface area contributed by atoms with Crippen LogP contribution in [0.1, 0.15) is 55.7 Å². The highest BCUT2D eigenvalue weighted by atomic mass is 32.2. The molecule has 0 spiro atoms. The minimum absolute atomic E-state index is 0. The summed E-state index contributed by atoms with van der Waals surface area (Å²) in [5.41, 5.74) is 4.03. The molecular formula is C49H54F2N12O8S2. The van der Waals surface area contributed by atoms with Crippen LogP contribution in [0.2, 0.25) is 0 Å². The minimum Gasteiger partial charge on any atom is -0.494 e. The van der Waals surface area contributed by atoms with Crippen LogP contribution in [-0.2, 0) is 44.0 Å². The number of ether oxygens (including phenoxy) is 4. The highest BCUT2D eigenvalue weighted by Crippen LogP contribution is 2.39. The summed E-state index contributed by atoms with van der Waals surface area (Å²) in [7, 11) is -1.48. The molecule has 0 radical (unpaired) electrons. The predicted octanol–water partition coefficient (Wildman–Crippen LogP) is 6.90. The van der Waals surface area contributed by atoms with Crippen molar-refractivity contribution in [2.24, 2.45) is 0 Å². The lowest BCUT2D eigenvalue weighted by molar-refractivity contribution is 0.390. The number of aromatic nitrogens is 12. The van der Waals surface area contributed by atoms with Gasteiger partial charge in [0.25, 0.3) is 0 Å². The fourth-order valence-corrected chi connectivity index (χ4v) is 9.91. The molecule has 0 aliphatic rings. The standard InChI is InChI=1S/2C24H25FN6O4S.CH4/c2*1-15-8-9-26-13-18(15)24-30-29-22(31(24)23-19(34-3)6-5-7-20(23)35-4)14-36(32,33)16(2)10-21-27-11-17(25)12-28-21;/h2*5-9,11-13,16H,10,14H2,1-4H3;1H4/t2*16-;/m10./s1. The van der Waals surface area contributed by atoms with Crippen molar-refractivity contribution < 1.29 is 44.6 Å². The lowest BCUT2D eigenvalue weighted by Gasteiger charge is -2.18. The Morgan fingerprint density at radius 2 is 0.849 bits per heavy atom. The van der Waals surface area contributed by atoms with Gasteiger partial charge in [-0.3, -0.25) is 19.1 Å². The van der Waals surface area contributed by atoms with Crippen LogP contribution in [-0.4, -0.2) is 115 Å². The number of pyridine rings is 2. The van der Waals surface area contributed by atoms with Gasteiger partial charge >= 0.3 is 0 Å². The largest absolute Gasteiger partial charge is 0.494 e. The first-order valence-electron chi connectivity index (χ1n) is 22.0. The van der Waals surface area contributed by atoms with E-state index < -0.39 is 53.3 Å². The molecule has 0 saturated heterocycles. The molecule has 0 bridgehead atoms. The van der Waals surface area contributed by atoms with Crippen molar-refractivity contribution in [3.8, 4) is 57.1 Å². The lowest BCUT2D eigenvalue weighted by atomic mass is 10.1. The molecular weight excluding hydrogens is 987 g/mol. The highest BCUT2D eigenvalue weighted by Gasteiger charge is 2.32. The fraction of sp³-hybridized carbons (Fsp3) is 0.306. The molecule has 2 aromatic carbocycles. The zero-order valence-corrected chi connectivity index (χ0v) is 42.1. The maximum atomic E-state index is 13.4. The van der Waals surface area contributed by atoms with Crippen molar-refractivity contribution in [2.75, 3.05) is 28.4 Å². The molecule has 0 saturated carbocycles. The van der Waals surface area contributed by atoms with Gasteiger partial charge in [0.15, 0.2) is 54.6 Å². The summed E-state index contributed by atoms with van der Waals surface area (Å²) in [5.74, 6) is 1.33. The third-order valence-electron chi connectivity index (χ3n) is 11.4. The van der Waals surface area contributed by atoms with Crippen molar-refractivity contribution >= 4 is 19.7 Å². The van der Waals surface area contributed by atoms with Gasteiger partial charge in [0, 0.05) is 48.8 Å². The maximum absolute atomic E-state index is 13.4. The summed E-state index contributed by atoms with van der Waals surface area (Å²) >= 11 is 0. The summed E-state index contributed by atoms with van der Waals surface area (Å²) in [4.78, 5) is 23.9. The predicted molar refractivity (Wildman–Crippen MR) is 267 cm³/mol. The first-order valence-corrected chi connectivity index (χ1v) is 25.4. The Hall–Kier alpha value is -7.86. The number of para-hydroxylation sites is 2. The molecule has 0 aliphatic carbocycles. The number of methoxy groups -OCH3 is 4. The maximum Gasteiger partial charge on any atom is 0.170 e. The summed E-state index contributed by atoms with van der Waals surface area (Å²) < 4.78 is 105. The third kappa shape index (κ3) is 12.3. The van der Waals surface area contributed by atoms with Crippen LogP contribution in [0.5, 0.6) is 23.0 Å². The molecule has 73 heavy (non-hydrogen) atoms. The Bertz CT molecular complexity index is 3130. The molecule has 8 rings (SSSR count). The van der Waals surface area contributed by atoms with Crippen LogP contribution < -0.4 is 18.9 Å². The normalized spacial score (nSPS) is 12.2. The number of benzene rings is 2. The number of halogens is 2. The van der Waals surface area contributed by atoms with E-state index >= 15 is 0 Å². The van der Waals surface area contributed by atoms with E-state index in [1.54, 1.807) is 84.2 Å². The van der Waals surface area contributed by atoms with Gasteiger partial charge in [-0.1, -0.05) is 19.6 Å². The molecule has 20 nitrogen and oxygen atoms in total. The number of hydrogen-bond donors (Lipinski definition) is 0. The Kier molecular flexibility index (Phi) is 17.6. The van der Waals surface area contributed by atoms with Gasteiger partial charge < -0.3 is 18.9 Å². The van der Waals surface area contributed by atoms with Gasteiger partial charge in [-0.25, -0.2) is 45.6 Å². The van der Waals surface area contributed by atoms with Gasteiger partial charge in [-0.05, 0) is 75.2 Å². The smallest absolute Gasteiger partial charge is 0.170 e. The first-order chi connectivity index (χ1) is 34.5. The molecule has 0 unspecified atom stereocenters. The first kappa shape index (κ1) is 54.5. The van der Waals surface area contributed by atoms with E-state index in [-0.39, 0.29) is 43.6 Å². The third-order valence-corrected chi connectivity index (χ3v) is 15.6. The van der Waals surface area contributed by atoms with Gasteiger partial charge in [0.1, 0.15) is 57.5 Å². The molecule has 8 aromatic rings. The van der Waals surface area contributed by atoms with E-state index in [2.05, 4.69) is 50.3 Å². The Labute approximate surface area is 421 Å². The zero-order chi connectivity index (χ0) is 51.7. The topological polar surface area (TPSA) is 244 Å². The van der Waals surface area contributed by atoms with Crippen molar-refractivity contribution in [1.29, 1.82) is 0 Å². The van der Waals surface area contributed by atoms with Crippen LogP contribution in [0.25, 0.3) is 34.2 Å². The van der Waals surface area contributed by atoms with Gasteiger partial charge in [0.05, 0.1) is 63.7 Å². The van der Waals surface area contributed by atoms with E-state index in [9.17, 15) is 25.6 Å². The number of sulfone groups is 2. The zero-order valence-electron chi connectivity index (χ0n) is 40.4. The van der Waals surface area contributed by atoms with E-state index in [1.165, 1.54) is 28.4 Å². The van der Waals surface area contributed by atoms with Crippen molar-refractivity contribution in [3.05, 3.63) is 144 Å². The van der Waals surface area contributed by atoms with Gasteiger partial charge in [-0.15, -0.1) is 20.4 Å². The van der Waals surface area contributed by atoms with Gasteiger partial charge in [0.2, 0.25) is 0 Å². The molecule has 2 atom stereocenters. The summed E-state index contributed by atoms with van der Waals surface area (Å²) in [6.07, 6.45) is 10.7. The molecule has 384 valence electrons. The average molecular weight is 1040 g/mol. The molecule has 0 amide bonds. The Morgan fingerprint density at radius 3 is 1.15 bits per heavy atom.